The standard InChI is InChI=1S/C18H31N5O2/c1-15-12-16(20-25-15)13-22-8-10-23(11-9-22)17(24)19-14-18(21(2)3)6-4-5-7-18/h12H,4-11,13-14H2,1-3H3,(H,19,24). The zero-order valence-electron chi connectivity index (χ0n) is 15.8. The van der Waals surface area contributed by atoms with Gasteiger partial charge in [-0.15, -0.1) is 0 Å². The van der Waals surface area contributed by atoms with Crippen molar-refractivity contribution in [1.82, 2.24) is 25.2 Å². The van der Waals surface area contributed by atoms with Crippen molar-refractivity contribution in [1.29, 1.82) is 0 Å². The number of hydrogen-bond acceptors (Lipinski definition) is 5. The number of nitrogens with zero attached hydrogens (tertiary/aromatic N) is 4. The van der Waals surface area contributed by atoms with Crippen LogP contribution in [0.1, 0.15) is 37.1 Å². The molecule has 0 radical (unpaired) electrons. The quantitative estimate of drug-likeness (QED) is 0.876. The molecule has 25 heavy (non-hydrogen) atoms. The van der Waals surface area contributed by atoms with Crippen LogP contribution < -0.4 is 5.32 Å². The van der Waals surface area contributed by atoms with Gasteiger partial charge in [-0.25, -0.2) is 4.79 Å². The molecule has 2 amide bonds. The molecule has 1 aromatic heterocycles. The zero-order chi connectivity index (χ0) is 17.9. The lowest BCUT2D eigenvalue weighted by molar-refractivity contribution is 0.122. The summed E-state index contributed by atoms with van der Waals surface area (Å²) in [4.78, 5) is 19.1. The number of rotatable bonds is 5. The molecule has 1 saturated heterocycles. The third-order valence-electron chi connectivity index (χ3n) is 5.77. The molecular weight excluding hydrogens is 318 g/mol. The Hall–Kier alpha value is -1.60. The van der Waals surface area contributed by atoms with Crippen LogP contribution >= 0.6 is 0 Å². The molecule has 1 aliphatic carbocycles. The van der Waals surface area contributed by atoms with Gasteiger partial charge >= 0.3 is 6.03 Å². The molecule has 1 aromatic rings. The third-order valence-corrected chi connectivity index (χ3v) is 5.77. The number of urea groups is 1. The van der Waals surface area contributed by atoms with Crippen molar-refractivity contribution in [3.8, 4) is 0 Å². The topological polar surface area (TPSA) is 64.8 Å². The van der Waals surface area contributed by atoms with Gasteiger partial charge in [0.1, 0.15) is 5.76 Å². The van der Waals surface area contributed by atoms with Crippen LogP contribution in [0.5, 0.6) is 0 Å². The lowest BCUT2D eigenvalue weighted by Gasteiger charge is -2.38. The minimum atomic E-state index is 0.0741. The van der Waals surface area contributed by atoms with Crippen molar-refractivity contribution in [2.24, 2.45) is 0 Å². The summed E-state index contributed by atoms with van der Waals surface area (Å²) in [6.07, 6.45) is 4.86. The highest BCUT2D eigenvalue weighted by Gasteiger charge is 2.36. The van der Waals surface area contributed by atoms with E-state index in [1.54, 1.807) is 0 Å². The van der Waals surface area contributed by atoms with E-state index in [4.69, 9.17) is 4.52 Å². The molecule has 7 nitrogen and oxygen atoms in total. The zero-order valence-corrected chi connectivity index (χ0v) is 15.8. The summed E-state index contributed by atoms with van der Waals surface area (Å²) in [5.41, 5.74) is 1.10. The van der Waals surface area contributed by atoms with Crippen molar-refractivity contribution >= 4 is 6.03 Å². The van der Waals surface area contributed by atoms with Gasteiger partial charge in [0, 0.05) is 50.9 Å². The maximum Gasteiger partial charge on any atom is 0.317 e. The Morgan fingerprint density at radius 1 is 1.28 bits per heavy atom. The van der Waals surface area contributed by atoms with Crippen LogP contribution in [-0.2, 0) is 6.54 Å². The Morgan fingerprint density at radius 3 is 2.52 bits per heavy atom. The molecule has 2 heterocycles. The Morgan fingerprint density at radius 2 is 1.96 bits per heavy atom. The summed E-state index contributed by atoms with van der Waals surface area (Å²) < 4.78 is 5.12. The van der Waals surface area contributed by atoms with Crippen LogP contribution in [0, 0.1) is 6.92 Å². The molecule has 0 aromatic carbocycles. The molecule has 1 saturated carbocycles. The van der Waals surface area contributed by atoms with Gasteiger partial charge in [-0.1, -0.05) is 18.0 Å². The van der Waals surface area contributed by atoms with Gasteiger partial charge in [0.05, 0.1) is 5.69 Å². The minimum Gasteiger partial charge on any atom is -0.361 e. The van der Waals surface area contributed by atoms with Crippen LogP contribution in [0.2, 0.25) is 0 Å². The fourth-order valence-electron chi connectivity index (χ4n) is 4.00. The number of hydrogen-bond donors (Lipinski definition) is 1. The van der Waals surface area contributed by atoms with E-state index < -0.39 is 0 Å². The van der Waals surface area contributed by atoms with Gasteiger partial charge in [-0.2, -0.15) is 0 Å². The van der Waals surface area contributed by atoms with E-state index in [0.29, 0.717) is 0 Å². The highest BCUT2D eigenvalue weighted by molar-refractivity contribution is 5.74. The number of carbonyl (C=O) groups excluding carboxylic acids is 1. The van der Waals surface area contributed by atoms with Crippen LogP contribution in [0.3, 0.4) is 0 Å². The van der Waals surface area contributed by atoms with Crippen molar-refractivity contribution in [2.45, 2.75) is 44.7 Å². The summed E-state index contributed by atoms with van der Waals surface area (Å²) in [6, 6.07) is 2.05. The first-order valence-corrected chi connectivity index (χ1v) is 9.33. The molecule has 0 spiro atoms. The minimum absolute atomic E-state index is 0.0741. The van der Waals surface area contributed by atoms with E-state index in [9.17, 15) is 4.79 Å². The Labute approximate surface area is 150 Å². The SMILES string of the molecule is Cc1cc(CN2CCN(C(=O)NCC3(N(C)C)CCCC3)CC2)no1. The number of likely N-dealkylation sites (N-methyl/N-ethyl adjacent to an activating group) is 1. The van der Waals surface area contributed by atoms with E-state index in [0.717, 1.165) is 50.7 Å². The second kappa shape index (κ2) is 7.74. The first kappa shape index (κ1) is 18.2. The van der Waals surface area contributed by atoms with E-state index in [1.165, 1.54) is 25.7 Å². The number of amides is 2. The van der Waals surface area contributed by atoms with Crippen LogP contribution in [0.4, 0.5) is 4.79 Å². The van der Waals surface area contributed by atoms with Gasteiger partial charge in [0.25, 0.3) is 0 Å². The molecule has 0 atom stereocenters. The number of piperazine rings is 1. The van der Waals surface area contributed by atoms with Crippen LogP contribution in [-0.4, -0.2) is 78.2 Å². The van der Waals surface area contributed by atoms with Gasteiger partial charge in [-0.3, -0.25) is 4.90 Å². The van der Waals surface area contributed by atoms with Crippen molar-refractivity contribution in [3.05, 3.63) is 17.5 Å². The first-order valence-electron chi connectivity index (χ1n) is 9.33. The van der Waals surface area contributed by atoms with Crippen LogP contribution in [0.15, 0.2) is 10.6 Å². The number of carbonyl (C=O) groups is 1. The summed E-state index contributed by atoms with van der Waals surface area (Å²) in [7, 11) is 4.25. The molecule has 2 fully saturated rings. The van der Waals surface area contributed by atoms with Crippen molar-refractivity contribution in [3.63, 3.8) is 0 Å². The molecule has 1 aliphatic heterocycles. The van der Waals surface area contributed by atoms with Gasteiger partial charge in [0.2, 0.25) is 0 Å². The molecule has 140 valence electrons. The average Bonchev–Trinajstić information content (AvgIpc) is 3.23. The monoisotopic (exact) mass is 349 g/mol. The maximum absolute atomic E-state index is 12.5. The highest BCUT2D eigenvalue weighted by Crippen LogP contribution is 2.33. The molecule has 3 rings (SSSR count). The van der Waals surface area contributed by atoms with E-state index in [1.807, 2.05) is 17.9 Å². The largest absolute Gasteiger partial charge is 0.361 e. The summed E-state index contributed by atoms with van der Waals surface area (Å²) >= 11 is 0. The van der Waals surface area contributed by atoms with Gasteiger partial charge in [-0.05, 0) is 33.9 Å². The molecule has 1 N–H and O–H groups in total. The maximum atomic E-state index is 12.5. The number of aryl methyl sites for hydroxylation is 1. The van der Waals surface area contributed by atoms with Gasteiger partial charge in [0.15, 0.2) is 0 Å². The van der Waals surface area contributed by atoms with Crippen LogP contribution in [0.25, 0.3) is 0 Å². The third kappa shape index (κ3) is 4.33. The summed E-state index contributed by atoms with van der Waals surface area (Å²) in [6.45, 7) is 6.71. The van der Waals surface area contributed by atoms with E-state index in [2.05, 4.69) is 34.4 Å². The fraction of sp³-hybridized carbons (Fsp3) is 0.778. The fourth-order valence-corrected chi connectivity index (χ4v) is 4.00. The Balaban J connectivity index is 1.43. The van der Waals surface area contributed by atoms with E-state index in [-0.39, 0.29) is 11.6 Å². The highest BCUT2D eigenvalue weighted by atomic mass is 16.5. The summed E-state index contributed by atoms with van der Waals surface area (Å²) in [5, 5.41) is 7.23. The van der Waals surface area contributed by atoms with E-state index >= 15 is 0 Å². The second-order valence-corrected chi connectivity index (χ2v) is 7.68. The number of nitrogens with one attached hydrogen (secondary N) is 1. The molecule has 7 heteroatoms. The van der Waals surface area contributed by atoms with Gasteiger partial charge < -0.3 is 19.6 Å². The molecule has 0 bridgehead atoms. The second-order valence-electron chi connectivity index (χ2n) is 7.68. The Kier molecular flexibility index (Phi) is 5.64. The normalized spacial score (nSPS) is 21.0. The smallest absolute Gasteiger partial charge is 0.317 e. The predicted molar refractivity (Wildman–Crippen MR) is 96.4 cm³/mol. The first-order chi connectivity index (χ1) is 12.0. The number of aromatic nitrogens is 1. The average molecular weight is 349 g/mol. The lowest BCUT2D eigenvalue weighted by atomic mass is 9.96. The molecule has 0 unspecified atom stereocenters. The van der Waals surface area contributed by atoms with Crippen molar-refractivity contribution in [2.75, 3.05) is 46.8 Å². The predicted octanol–water partition coefficient (Wildman–Crippen LogP) is 1.68. The molecular formula is C18H31N5O2. The lowest BCUT2D eigenvalue weighted by Crippen LogP contribution is -2.56. The van der Waals surface area contributed by atoms with Crippen molar-refractivity contribution < 1.29 is 9.32 Å². The Bertz CT molecular complexity index is 572. The molecule has 2 aliphatic rings. The summed E-state index contributed by atoms with van der Waals surface area (Å²) in [5.74, 6) is 0.842.